The van der Waals surface area contributed by atoms with Crippen LogP contribution in [0.15, 0.2) is 24.6 Å². The van der Waals surface area contributed by atoms with E-state index >= 15 is 0 Å². The van der Waals surface area contributed by atoms with Gasteiger partial charge in [0.25, 0.3) is 0 Å². The van der Waals surface area contributed by atoms with E-state index in [4.69, 9.17) is 5.11 Å². The molecule has 0 aliphatic heterocycles. The van der Waals surface area contributed by atoms with Crippen molar-refractivity contribution < 1.29 is 5.11 Å². The summed E-state index contributed by atoms with van der Waals surface area (Å²) in [6.07, 6.45) is 0.873. The van der Waals surface area contributed by atoms with E-state index in [-0.39, 0.29) is 11.8 Å². The van der Waals surface area contributed by atoms with Crippen LogP contribution in [0.3, 0.4) is 0 Å². The Bertz CT molecular complexity index is 140. The van der Waals surface area contributed by atoms with E-state index < -0.39 is 0 Å². The van der Waals surface area contributed by atoms with Crippen LogP contribution in [0.2, 0.25) is 0 Å². The lowest BCUT2D eigenvalue weighted by atomic mass is 10.2. The molecule has 0 saturated carbocycles. The molecule has 0 aromatic heterocycles. The Morgan fingerprint density at radius 1 is 1.60 bits per heavy atom. The van der Waals surface area contributed by atoms with Crippen molar-refractivity contribution >= 4 is 0 Å². The molecule has 2 heteroatoms. The number of nitrogens with one attached hydrogen (secondary N) is 1. The van der Waals surface area contributed by atoms with Crippen molar-refractivity contribution in [2.24, 2.45) is 0 Å². The van der Waals surface area contributed by atoms with Crippen molar-refractivity contribution in [3.05, 3.63) is 24.6 Å². The van der Waals surface area contributed by atoms with Gasteiger partial charge < -0.3 is 10.4 Å². The minimum Gasteiger partial charge on any atom is -0.511 e. The van der Waals surface area contributed by atoms with Crippen LogP contribution in [0.25, 0.3) is 0 Å². The largest absolute Gasteiger partial charge is 0.511 e. The Hall–Kier alpha value is -0.920. The van der Waals surface area contributed by atoms with Crippen LogP contribution < -0.4 is 5.32 Å². The monoisotopic (exact) mass is 141 g/mol. The minimum atomic E-state index is -0.0903. The molecule has 2 N–H and O–H groups in total. The van der Waals surface area contributed by atoms with Crippen LogP contribution >= 0.6 is 0 Å². The third-order valence-electron chi connectivity index (χ3n) is 1.35. The molecule has 1 atom stereocenters. The molecule has 10 heavy (non-hydrogen) atoms. The van der Waals surface area contributed by atoms with Gasteiger partial charge in [-0.15, -0.1) is 0 Å². The Labute approximate surface area is 62.3 Å². The van der Waals surface area contributed by atoms with Crippen LogP contribution in [-0.2, 0) is 0 Å². The zero-order chi connectivity index (χ0) is 8.15. The molecule has 0 heterocycles. The lowest BCUT2D eigenvalue weighted by Gasteiger charge is -2.14. The van der Waals surface area contributed by atoms with Gasteiger partial charge in [0.1, 0.15) is 5.76 Å². The molecule has 0 saturated heterocycles. The highest BCUT2D eigenvalue weighted by Crippen LogP contribution is 1.98. The molecule has 0 aromatic rings. The Balaban J connectivity index is 3.68. The normalized spacial score (nSPS) is 12.2. The van der Waals surface area contributed by atoms with Crippen LogP contribution in [0, 0.1) is 0 Å². The fraction of sp³-hybridized carbons (Fsp3) is 0.500. The number of aliphatic hydroxyl groups excluding tert-OH is 1. The van der Waals surface area contributed by atoms with Crippen molar-refractivity contribution in [1.82, 2.24) is 5.32 Å². The van der Waals surface area contributed by atoms with Gasteiger partial charge in [0.15, 0.2) is 0 Å². The molecular weight excluding hydrogens is 126 g/mol. The maximum atomic E-state index is 8.87. The highest BCUT2D eigenvalue weighted by molar-refractivity contribution is 5.00. The first-order valence-electron chi connectivity index (χ1n) is 3.40. The molecule has 0 fully saturated rings. The van der Waals surface area contributed by atoms with Crippen LogP contribution in [0.4, 0.5) is 0 Å². The predicted octanol–water partition coefficient (Wildman–Crippen LogP) is 1.96. The van der Waals surface area contributed by atoms with E-state index in [1.54, 1.807) is 0 Å². The van der Waals surface area contributed by atoms with Crippen molar-refractivity contribution in [3.8, 4) is 0 Å². The second-order valence-electron chi connectivity index (χ2n) is 2.31. The number of rotatable bonds is 4. The predicted molar refractivity (Wildman–Crippen MR) is 43.8 cm³/mol. The molecule has 0 aliphatic rings. The van der Waals surface area contributed by atoms with Crippen molar-refractivity contribution in [1.29, 1.82) is 0 Å². The summed E-state index contributed by atoms with van der Waals surface area (Å²) in [6, 6.07) is -0.0903. The molecule has 0 spiro atoms. The Morgan fingerprint density at radius 3 is 2.40 bits per heavy atom. The fourth-order valence-electron chi connectivity index (χ4n) is 0.492. The first kappa shape index (κ1) is 9.08. The molecule has 0 radical (unpaired) electrons. The molecule has 0 aliphatic carbocycles. The first-order chi connectivity index (χ1) is 4.57. The summed E-state index contributed by atoms with van der Waals surface area (Å²) in [5, 5.41) is 11.9. The third kappa shape index (κ3) is 3.17. The van der Waals surface area contributed by atoms with Gasteiger partial charge in [-0.1, -0.05) is 20.1 Å². The maximum absolute atomic E-state index is 8.87. The standard InChI is InChI=1S/C8H15NO/c1-5-6(2)9-7(3)8(4)10/h7,9-10H,2,4-5H2,1,3H3/t7-/m1/s1. The van der Waals surface area contributed by atoms with Crippen molar-refractivity contribution in [2.45, 2.75) is 26.3 Å². The topological polar surface area (TPSA) is 32.3 Å². The van der Waals surface area contributed by atoms with Gasteiger partial charge in [-0.3, -0.25) is 0 Å². The van der Waals surface area contributed by atoms with Gasteiger partial charge in [-0.25, -0.2) is 0 Å². The van der Waals surface area contributed by atoms with Gasteiger partial charge in [0, 0.05) is 5.70 Å². The van der Waals surface area contributed by atoms with Gasteiger partial charge in [-0.2, -0.15) is 0 Å². The second kappa shape index (κ2) is 3.99. The van der Waals surface area contributed by atoms with Crippen LogP contribution in [0.1, 0.15) is 20.3 Å². The summed E-state index contributed by atoms with van der Waals surface area (Å²) < 4.78 is 0. The first-order valence-corrected chi connectivity index (χ1v) is 3.40. The second-order valence-corrected chi connectivity index (χ2v) is 2.31. The molecular formula is C8H15NO. The molecule has 0 aromatic carbocycles. The highest BCUT2D eigenvalue weighted by Gasteiger charge is 2.02. The zero-order valence-corrected chi connectivity index (χ0v) is 6.65. The summed E-state index contributed by atoms with van der Waals surface area (Å²) in [5.41, 5.74) is 0.919. The molecule has 2 nitrogen and oxygen atoms in total. The summed E-state index contributed by atoms with van der Waals surface area (Å²) in [4.78, 5) is 0. The summed E-state index contributed by atoms with van der Waals surface area (Å²) in [7, 11) is 0. The lowest BCUT2D eigenvalue weighted by Crippen LogP contribution is -2.25. The summed E-state index contributed by atoms with van der Waals surface area (Å²) >= 11 is 0. The SMILES string of the molecule is C=C(CC)N[C@H](C)C(=C)O. The Kier molecular flexibility index (Phi) is 3.62. The third-order valence-corrected chi connectivity index (χ3v) is 1.35. The van der Waals surface area contributed by atoms with Crippen LogP contribution in [0.5, 0.6) is 0 Å². The van der Waals surface area contributed by atoms with Crippen molar-refractivity contribution in [3.63, 3.8) is 0 Å². The van der Waals surface area contributed by atoms with E-state index in [1.807, 2.05) is 13.8 Å². The maximum Gasteiger partial charge on any atom is 0.107 e. The van der Waals surface area contributed by atoms with E-state index in [0.717, 1.165) is 12.1 Å². The summed E-state index contributed by atoms with van der Waals surface area (Å²) in [6.45, 7) is 11.0. The minimum absolute atomic E-state index is 0.0903. The van der Waals surface area contributed by atoms with E-state index in [1.165, 1.54) is 0 Å². The smallest absolute Gasteiger partial charge is 0.107 e. The van der Waals surface area contributed by atoms with Crippen LogP contribution in [-0.4, -0.2) is 11.1 Å². The lowest BCUT2D eigenvalue weighted by molar-refractivity contribution is 0.360. The average Bonchev–Trinajstić information content (AvgIpc) is 1.87. The Morgan fingerprint density at radius 2 is 2.10 bits per heavy atom. The van der Waals surface area contributed by atoms with E-state index in [0.29, 0.717) is 0 Å². The van der Waals surface area contributed by atoms with Gasteiger partial charge in [0.05, 0.1) is 6.04 Å². The van der Waals surface area contributed by atoms with Gasteiger partial charge >= 0.3 is 0 Å². The average molecular weight is 141 g/mol. The molecule has 0 bridgehead atoms. The molecule has 0 rings (SSSR count). The number of hydrogen-bond donors (Lipinski definition) is 2. The van der Waals surface area contributed by atoms with Crippen molar-refractivity contribution in [2.75, 3.05) is 0 Å². The zero-order valence-electron chi connectivity index (χ0n) is 6.65. The van der Waals surface area contributed by atoms with E-state index in [2.05, 4.69) is 18.5 Å². The van der Waals surface area contributed by atoms with E-state index in [9.17, 15) is 0 Å². The molecule has 58 valence electrons. The molecule has 0 unspecified atom stereocenters. The highest BCUT2D eigenvalue weighted by atomic mass is 16.3. The summed E-state index contributed by atoms with van der Waals surface area (Å²) in [5.74, 6) is 0.148. The number of allylic oxidation sites excluding steroid dienone is 1. The molecule has 0 amide bonds. The quantitative estimate of drug-likeness (QED) is 0.586. The van der Waals surface area contributed by atoms with Gasteiger partial charge in [0.2, 0.25) is 0 Å². The fourth-order valence-corrected chi connectivity index (χ4v) is 0.492. The van der Waals surface area contributed by atoms with Gasteiger partial charge in [-0.05, 0) is 13.3 Å². The number of hydrogen-bond acceptors (Lipinski definition) is 2. The number of aliphatic hydroxyl groups is 1.